The van der Waals surface area contributed by atoms with Gasteiger partial charge in [0.1, 0.15) is 0 Å². The average Bonchev–Trinajstić information content (AvgIpc) is 2.56. The van der Waals surface area contributed by atoms with E-state index in [0.717, 1.165) is 32.1 Å². The summed E-state index contributed by atoms with van der Waals surface area (Å²) in [5.74, 6) is 0.0337. The number of ether oxygens (including phenoxy) is 1. The molecule has 0 aliphatic carbocycles. The summed E-state index contributed by atoms with van der Waals surface area (Å²) in [6.07, 6.45) is 16.2. The Morgan fingerprint density at radius 2 is 1.26 bits per heavy atom. The van der Waals surface area contributed by atoms with Crippen LogP contribution >= 0.6 is 0 Å². The minimum atomic E-state index is -0.160. The summed E-state index contributed by atoms with van der Waals surface area (Å²) >= 11 is 0. The van der Waals surface area contributed by atoms with Gasteiger partial charge in [-0.1, -0.05) is 50.5 Å². The number of carbonyl (C=O) groups is 3. The van der Waals surface area contributed by atoms with Gasteiger partial charge in [0, 0.05) is 19.3 Å². The molecule has 0 amide bonds. The van der Waals surface area contributed by atoms with Crippen molar-refractivity contribution in [1.29, 1.82) is 0 Å². The molecule has 0 saturated heterocycles. The van der Waals surface area contributed by atoms with E-state index in [0.29, 0.717) is 19.3 Å². The minimum absolute atomic E-state index is 0.0845. The van der Waals surface area contributed by atoms with Crippen LogP contribution in [0, 0.1) is 0 Å². The number of unbranched alkanes of at least 4 members (excludes halogenated alkanes) is 4. The number of hydrogen-bond donors (Lipinski definition) is 0. The second-order valence-corrected chi connectivity index (χ2v) is 5.23. The molecule has 4 heteroatoms. The lowest BCUT2D eigenvalue weighted by atomic mass is 10.1. The van der Waals surface area contributed by atoms with Crippen LogP contribution in [0.4, 0.5) is 0 Å². The molecule has 0 aromatic carbocycles. The van der Waals surface area contributed by atoms with Gasteiger partial charge in [0.25, 0.3) is 0 Å². The summed E-state index contributed by atoms with van der Waals surface area (Å²) < 4.78 is 4.57. The van der Waals surface area contributed by atoms with Crippen LogP contribution in [0.15, 0.2) is 36.5 Å². The maximum atomic E-state index is 11.6. The van der Waals surface area contributed by atoms with E-state index in [9.17, 15) is 14.4 Å². The SMILES string of the molecule is CCC(=O)/C=C/C=C/C=C/C(=O)CCCCCCCC(=O)OC. The first-order valence-electron chi connectivity index (χ1n) is 8.24. The van der Waals surface area contributed by atoms with Crippen molar-refractivity contribution in [3.8, 4) is 0 Å². The predicted molar refractivity (Wildman–Crippen MR) is 92.1 cm³/mol. The van der Waals surface area contributed by atoms with Gasteiger partial charge in [-0.2, -0.15) is 0 Å². The molecule has 0 radical (unpaired) electrons. The maximum absolute atomic E-state index is 11.6. The molecule has 128 valence electrons. The standard InChI is InChI=1S/C19H28O4/c1-3-17(20)13-9-7-8-11-15-18(21)14-10-5-4-6-12-16-19(22)23-2/h7-9,11,13,15H,3-6,10,12,14,16H2,1-2H3/b8-7+,13-9+,15-11+. The Balaban J connectivity index is 3.61. The Morgan fingerprint density at radius 1 is 0.739 bits per heavy atom. The summed E-state index contributed by atoms with van der Waals surface area (Å²) in [4.78, 5) is 33.5. The maximum Gasteiger partial charge on any atom is 0.305 e. The van der Waals surface area contributed by atoms with Gasteiger partial charge in [0.05, 0.1) is 7.11 Å². The first-order valence-corrected chi connectivity index (χ1v) is 8.24. The van der Waals surface area contributed by atoms with Gasteiger partial charge in [0.2, 0.25) is 0 Å². The molecule has 23 heavy (non-hydrogen) atoms. The van der Waals surface area contributed by atoms with Crippen LogP contribution in [0.5, 0.6) is 0 Å². The summed E-state index contributed by atoms with van der Waals surface area (Å²) in [5.41, 5.74) is 0. The van der Waals surface area contributed by atoms with Crippen molar-refractivity contribution in [2.75, 3.05) is 7.11 Å². The zero-order chi connectivity index (χ0) is 17.3. The number of carbonyl (C=O) groups excluding carboxylic acids is 3. The van der Waals surface area contributed by atoms with Crippen molar-refractivity contribution in [3.05, 3.63) is 36.5 Å². The van der Waals surface area contributed by atoms with E-state index in [1.807, 2.05) is 6.92 Å². The third-order valence-corrected chi connectivity index (χ3v) is 3.28. The predicted octanol–water partition coefficient (Wildman–Crippen LogP) is 4.11. The lowest BCUT2D eigenvalue weighted by Gasteiger charge is -2.00. The van der Waals surface area contributed by atoms with Gasteiger partial charge in [-0.05, 0) is 25.0 Å². The number of hydrogen-bond acceptors (Lipinski definition) is 4. The highest BCUT2D eigenvalue weighted by Crippen LogP contribution is 2.08. The zero-order valence-electron chi connectivity index (χ0n) is 14.3. The third-order valence-electron chi connectivity index (χ3n) is 3.28. The highest BCUT2D eigenvalue weighted by molar-refractivity contribution is 5.90. The normalized spacial score (nSPS) is 11.6. The molecule has 0 atom stereocenters. The molecule has 0 saturated carbocycles. The van der Waals surface area contributed by atoms with E-state index in [4.69, 9.17) is 0 Å². The number of methoxy groups -OCH3 is 1. The topological polar surface area (TPSA) is 60.4 Å². The summed E-state index contributed by atoms with van der Waals surface area (Å²) in [6, 6.07) is 0. The molecule has 0 unspecified atom stereocenters. The quantitative estimate of drug-likeness (QED) is 0.222. The van der Waals surface area contributed by atoms with Crippen molar-refractivity contribution < 1.29 is 19.1 Å². The fourth-order valence-electron chi connectivity index (χ4n) is 1.86. The number of rotatable bonds is 13. The highest BCUT2D eigenvalue weighted by Gasteiger charge is 2.00. The van der Waals surface area contributed by atoms with Crippen molar-refractivity contribution in [3.63, 3.8) is 0 Å². The van der Waals surface area contributed by atoms with E-state index in [1.54, 1.807) is 30.4 Å². The van der Waals surface area contributed by atoms with Crippen LogP contribution in [0.3, 0.4) is 0 Å². The van der Waals surface area contributed by atoms with Crippen molar-refractivity contribution in [1.82, 2.24) is 0 Å². The molecule has 4 nitrogen and oxygen atoms in total. The van der Waals surface area contributed by atoms with Crippen LogP contribution in [-0.2, 0) is 19.1 Å². The molecule has 0 fully saturated rings. The van der Waals surface area contributed by atoms with Gasteiger partial charge in [-0.3, -0.25) is 14.4 Å². The van der Waals surface area contributed by atoms with E-state index < -0.39 is 0 Å². The Morgan fingerprint density at radius 3 is 1.83 bits per heavy atom. The molecule has 0 aromatic rings. The van der Waals surface area contributed by atoms with E-state index in [-0.39, 0.29) is 17.5 Å². The molecule has 0 bridgehead atoms. The molecular weight excluding hydrogens is 292 g/mol. The van der Waals surface area contributed by atoms with Crippen LogP contribution in [0.25, 0.3) is 0 Å². The lowest BCUT2D eigenvalue weighted by molar-refractivity contribution is -0.140. The molecular formula is C19H28O4. The molecule has 0 heterocycles. The number of allylic oxidation sites excluding steroid dienone is 6. The van der Waals surface area contributed by atoms with E-state index in [1.165, 1.54) is 13.2 Å². The lowest BCUT2D eigenvalue weighted by Crippen LogP contribution is -1.99. The smallest absolute Gasteiger partial charge is 0.305 e. The summed E-state index contributed by atoms with van der Waals surface area (Å²) in [6.45, 7) is 1.81. The fourth-order valence-corrected chi connectivity index (χ4v) is 1.86. The van der Waals surface area contributed by atoms with Gasteiger partial charge >= 0.3 is 5.97 Å². The van der Waals surface area contributed by atoms with Crippen LogP contribution in [0.1, 0.15) is 58.3 Å². The van der Waals surface area contributed by atoms with Gasteiger partial charge in [-0.15, -0.1) is 0 Å². The molecule has 0 aliphatic heterocycles. The van der Waals surface area contributed by atoms with Crippen LogP contribution in [0.2, 0.25) is 0 Å². The molecule has 0 N–H and O–H groups in total. The monoisotopic (exact) mass is 320 g/mol. The number of ketones is 2. The fraction of sp³-hybridized carbons (Fsp3) is 0.526. The van der Waals surface area contributed by atoms with E-state index in [2.05, 4.69) is 4.74 Å². The largest absolute Gasteiger partial charge is 0.469 e. The highest BCUT2D eigenvalue weighted by atomic mass is 16.5. The van der Waals surface area contributed by atoms with Crippen molar-refractivity contribution >= 4 is 17.5 Å². The van der Waals surface area contributed by atoms with Gasteiger partial charge in [-0.25, -0.2) is 0 Å². The Kier molecular flexibility index (Phi) is 13.7. The average molecular weight is 320 g/mol. The molecule has 0 rings (SSSR count). The summed E-state index contributed by atoms with van der Waals surface area (Å²) in [7, 11) is 1.40. The molecule has 0 aliphatic rings. The second-order valence-electron chi connectivity index (χ2n) is 5.23. The van der Waals surface area contributed by atoms with Crippen LogP contribution in [-0.4, -0.2) is 24.6 Å². The Hall–Kier alpha value is -1.97. The minimum Gasteiger partial charge on any atom is -0.469 e. The Labute approximate surface area is 139 Å². The van der Waals surface area contributed by atoms with Crippen LogP contribution < -0.4 is 0 Å². The molecule has 0 aromatic heterocycles. The first kappa shape index (κ1) is 21.0. The van der Waals surface area contributed by atoms with Crippen molar-refractivity contribution in [2.45, 2.75) is 58.3 Å². The first-order chi connectivity index (χ1) is 11.1. The summed E-state index contributed by atoms with van der Waals surface area (Å²) in [5, 5.41) is 0. The van der Waals surface area contributed by atoms with Crippen molar-refractivity contribution in [2.24, 2.45) is 0 Å². The van der Waals surface area contributed by atoms with Gasteiger partial charge < -0.3 is 4.74 Å². The number of esters is 1. The molecule has 0 spiro atoms. The third kappa shape index (κ3) is 14.7. The van der Waals surface area contributed by atoms with E-state index >= 15 is 0 Å². The Bertz CT molecular complexity index is 444. The van der Waals surface area contributed by atoms with Gasteiger partial charge in [0.15, 0.2) is 11.6 Å². The zero-order valence-corrected chi connectivity index (χ0v) is 14.3. The second kappa shape index (κ2) is 14.9.